The van der Waals surface area contributed by atoms with Crippen LogP contribution in [0.15, 0.2) is 67.0 Å². The van der Waals surface area contributed by atoms with Crippen molar-refractivity contribution >= 4 is 23.9 Å². The molecule has 2 aromatic carbocycles. The average Bonchev–Trinajstić information content (AvgIpc) is 2.92. The number of ether oxygens (including phenoxy) is 3. The van der Waals surface area contributed by atoms with E-state index in [2.05, 4.69) is 30.7 Å². The number of carbonyl (C=O) groups is 3. The van der Waals surface area contributed by atoms with Gasteiger partial charge >= 0.3 is 12.1 Å². The van der Waals surface area contributed by atoms with E-state index in [4.69, 9.17) is 9.47 Å². The number of phenols is 1. The molecule has 0 radical (unpaired) electrons. The standard InChI is InChI=1S/C25H27N5O7/c1-35-23(33)20(30-25(34)37-16-17-6-3-2-4-7-17)15-29-22(32)19-9-8-18(14-21(19)31)36-13-12-28-24-26-10-5-11-27-24/h2-11,14,20,31H,12-13,15-16H2,1H3,(H,29,32)(H,30,34)(H,26,27,28). The maximum Gasteiger partial charge on any atom is 0.408 e. The van der Waals surface area contributed by atoms with E-state index in [-0.39, 0.29) is 31.1 Å². The van der Waals surface area contributed by atoms with Gasteiger partial charge in [0.05, 0.1) is 19.2 Å². The number of phenolic OH excluding ortho intramolecular Hbond substituents is 1. The Morgan fingerprint density at radius 2 is 1.78 bits per heavy atom. The zero-order valence-corrected chi connectivity index (χ0v) is 20.0. The highest BCUT2D eigenvalue weighted by Crippen LogP contribution is 2.23. The van der Waals surface area contributed by atoms with E-state index in [0.29, 0.717) is 18.2 Å². The zero-order chi connectivity index (χ0) is 26.5. The van der Waals surface area contributed by atoms with Crippen molar-refractivity contribution in [3.05, 3.63) is 78.1 Å². The highest BCUT2D eigenvalue weighted by molar-refractivity contribution is 5.97. The molecule has 0 saturated heterocycles. The second kappa shape index (κ2) is 13.9. The average molecular weight is 510 g/mol. The van der Waals surface area contributed by atoms with Crippen molar-refractivity contribution in [2.24, 2.45) is 0 Å². The Morgan fingerprint density at radius 1 is 1.03 bits per heavy atom. The van der Waals surface area contributed by atoms with Crippen LogP contribution in [0.1, 0.15) is 15.9 Å². The van der Waals surface area contributed by atoms with Gasteiger partial charge in [0, 0.05) is 25.0 Å². The number of methoxy groups -OCH3 is 1. The third-order valence-corrected chi connectivity index (χ3v) is 4.89. The minimum absolute atomic E-state index is 0.00527. The van der Waals surface area contributed by atoms with Crippen molar-refractivity contribution in [3.63, 3.8) is 0 Å². The summed E-state index contributed by atoms with van der Waals surface area (Å²) in [5.41, 5.74) is 0.725. The van der Waals surface area contributed by atoms with E-state index >= 15 is 0 Å². The molecule has 1 aromatic heterocycles. The lowest BCUT2D eigenvalue weighted by Crippen LogP contribution is -2.49. The highest BCUT2D eigenvalue weighted by Gasteiger charge is 2.24. The fraction of sp³-hybridized carbons (Fsp3) is 0.240. The molecule has 3 aromatic rings. The van der Waals surface area contributed by atoms with Crippen LogP contribution < -0.4 is 20.7 Å². The SMILES string of the molecule is COC(=O)C(CNC(=O)c1ccc(OCCNc2ncccn2)cc1O)NC(=O)OCc1ccccc1. The maximum atomic E-state index is 12.6. The summed E-state index contributed by atoms with van der Waals surface area (Å²) in [5, 5.41) is 18.1. The first-order chi connectivity index (χ1) is 18.0. The molecule has 0 bridgehead atoms. The molecule has 1 unspecified atom stereocenters. The molecule has 0 aliphatic carbocycles. The van der Waals surface area contributed by atoms with Crippen molar-refractivity contribution < 1.29 is 33.7 Å². The number of hydrogen-bond acceptors (Lipinski definition) is 10. The number of carbonyl (C=O) groups excluding carboxylic acids is 3. The van der Waals surface area contributed by atoms with Crippen molar-refractivity contribution in [2.45, 2.75) is 12.6 Å². The van der Waals surface area contributed by atoms with Gasteiger partial charge in [0.25, 0.3) is 5.91 Å². The summed E-state index contributed by atoms with van der Waals surface area (Å²) in [6.45, 7) is 0.390. The van der Waals surface area contributed by atoms with Crippen LogP contribution in [-0.2, 0) is 20.9 Å². The first-order valence-electron chi connectivity index (χ1n) is 11.3. The largest absolute Gasteiger partial charge is 0.507 e. The fourth-order valence-corrected chi connectivity index (χ4v) is 3.05. The van der Waals surface area contributed by atoms with Gasteiger partial charge in [-0.1, -0.05) is 30.3 Å². The molecule has 4 N–H and O–H groups in total. The van der Waals surface area contributed by atoms with Crippen LogP contribution in [0.2, 0.25) is 0 Å². The van der Waals surface area contributed by atoms with Gasteiger partial charge < -0.3 is 35.3 Å². The van der Waals surface area contributed by atoms with Gasteiger partial charge in [-0.25, -0.2) is 19.6 Å². The first kappa shape index (κ1) is 26.7. The van der Waals surface area contributed by atoms with Crippen molar-refractivity contribution in [3.8, 4) is 11.5 Å². The number of benzene rings is 2. The molecule has 2 amide bonds. The molecule has 0 aliphatic heterocycles. The lowest BCUT2D eigenvalue weighted by Gasteiger charge is -2.17. The number of anilines is 1. The minimum Gasteiger partial charge on any atom is -0.507 e. The smallest absolute Gasteiger partial charge is 0.408 e. The molecule has 0 aliphatic rings. The van der Waals surface area contributed by atoms with Crippen LogP contribution in [0.25, 0.3) is 0 Å². The Kier molecular flexibility index (Phi) is 10.0. The monoisotopic (exact) mass is 509 g/mol. The fourth-order valence-electron chi connectivity index (χ4n) is 3.05. The minimum atomic E-state index is -1.21. The predicted molar refractivity (Wildman–Crippen MR) is 132 cm³/mol. The summed E-state index contributed by atoms with van der Waals surface area (Å²) in [7, 11) is 1.15. The second-order valence-corrected chi connectivity index (χ2v) is 7.52. The van der Waals surface area contributed by atoms with Crippen LogP contribution in [-0.4, -0.2) is 65.9 Å². The molecule has 3 rings (SSSR count). The van der Waals surface area contributed by atoms with Gasteiger partial charge in [-0.2, -0.15) is 0 Å². The quantitative estimate of drug-likeness (QED) is 0.210. The third kappa shape index (κ3) is 8.69. The van der Waals surface area contributed by atoms with Crippen molar-refractivity contribution in [1.82, 2.24) is 20.6 Å². The van der Waals surface area contributed by atoms with Crippen molar-refractivity contribution in [1.29, 1.82) is 0 Å². The number of nitrogens with zero attached hydrogens (tertiary/aromatic N) is 2. The third-order valence-electron chi connectivity index (χ3n) is 4.89. The number of esters is 1. The van der Waals surface area contributed by atoms with E-state index in [1.165, 1.54) is 18.2 Å². The molecule has 12 nitrogen and oxygen atoms in total. The molecule has 0 spiro atoms. The summed E-state index contributed by atoms with van der Waals surface area (Å²) in [6, 6.07) is 13.7. The number of rotatable bonds is 12. The number of hydrogen-bond donors (Lipinski definition) is 4. The normalized spacial score (nSPS) is 11.1. The van der Waals surface area contributed by atoms with Crippen LogP contribution in [0.5, 0.6) is 11.5 Å². The van der Waals surface area contributed by atoms with Gasteiger partial charge in [-0.3, -0.25) is 4.79 Å². The topological polar surface area (TPSA) is 161 Å². The van der Waals surface area contributed by atoms with Gasteiger partial charge in [-0.05, 0) is 23.8 Å². The predicted octanol–water partition coefficient (Wildman–Crippen LogP) is 1.87. The number of amides is 2. The summed E-state index contributed by atoms with van der Waals surface area (Å²) in [6.07, 6.45) is 2.37. The highest BCUT2D eigenvalue weighted by atomic mass is 16.6. The van der Waals surface area contributed by atoms with E-state index in [1.807, 2.05) is 6.07 Å². The van der Waals surface area contributed by atoms with Gasteiger partial charge in [0.1, 0.15) is 30.8 Å². The molecule has 1 atom stereocenters. The van der Waals surface area contributed by atoms with E-state index in [0.717, 1.165) is 12.7 Å². The lowest BCUT2D eigenvalue weighted by molar-refractivity contribution is -0.142. The number of nitrogens with one attached hydrogen (secondary N) is 3. The Balaban J connectivity index is 1.47. The summed E-state index contributed by atoms with van der Waals surface area (Å²) < 4.78 is 15.3. The first-order valence-corrected chi connectivity index (χ1v) is 11.3. The molecule has 12 heteroatoms. The molecule has 1 heterocycles. The Bertz CT molecular complexity index is 1180. The van der Waals surface area contributed by atoms with Crippen LogP contribution in [0, 0.1) is 0 Å². The van der Waals surface area contributed by atoms with Gasteiger partial charge in [-0.15, -0.1) is 0 Å². The number of aromatic nitrogens is 2. The lowest BCUT2D eigenvalue weighted by atomic mass is 10.1. The molecular formula is C25H27N5O7. The molecule has 0 saturated carbocycles. The van der Waals surface area contributed by atoms with E-state index in [1.54, 1.807) is 42.7 Å². The zero-order valence-electron chi connectivity index (χ0n) is 20.0. The summed E-state index contributed by atoms with van der Waals surface area (Å²) >= 11 is 0. The van der Waals surface area contributed by atoms with Crippen LogP contribution in [0.3, 0.4) is 0 Å². The van der Waals surface area contributed by atoms with Crippen LogP contribution in [0.4, 0.5) is 10.7 Å². The summed E-state index contributed by atoms with van der Waals surface area (Å²) in [5.74, 6) is -0.954. The Hall–Kier alpha value is -4.87. The Morgan fingerprint density at radius 3 is 2.49 bits per heavy atom. The van der Waals surface area contributed by atoms with E-state index < -0.39 is 24.0 Å². The molecule has 194 valence electrons. The second-order valence-electron chi connectivity index (χ2n) is 7.52. The van der Waals surface area contributed by atoms with Gasteiger partial charge in [0.2, 0.25) is 5.95 Å². The number of alkyl carbamates (subject to hydrolysis) is 1. The van der Waals surface area contributed by atoms with Crippen molar-refractivity contribution in [2.75, 3.05) is 32.1 Å². The molecular weight excluding hydrogens is 482 g/mol. The van der Waals surface area contributed by atoms with E-state index in [9.17, 15) is 19.5 Å². The maximum absolute atomic E-state index is 12.6. The Labute approximate surface area is 213 Å². The van der Waals surface area contributed by atoms with Gasteiger partial charge in [0.15, 0.2) is 0 Å². The summed E-state index contributed by atoms with van der Waals surface area (Å²) in [4.78, 5) is 44.8. The van der Waals surface area contributed by atoms with Crippen LogP contribution >= 0.6 is 0 Å². The molecule has 0 fully saturated rings. The molecule has 37 heavy (non-hydrogen) atoms. The number of aromatic hydroxyl groups is 1.